The van der Waals surface area contributed by atoms with E-state index in [1.54, 1.807) is 12.1 Å². The molecule has 33 heavy (non-hydrogen) atoms. The highest BCUT2D eigenvalue weighted by Crippen LogP contribution is 2.20. The van der Waals surface area contributed by atoms with E-state index in [0.717, 1.165) is 5.69 Å². The number of carboxylic acid groups (broad SMARTS) is 1. The third kappa shape index (κ3) is 7.64. The highest BCUT2D eigenvalue weighted by atomic mass is 19.1. The number of hydrogen-bond donors (Lipinski definition) is 4. The van der Waals surface area contributed by atoms with Gasteiger partial charge in [-0.15, -0.1) is 0 Å². The van der Waals surface area contributed by atoms with Crippen LogP contribution in [0.3, 0.4) is 0 Å². The standard InChI is InChI=1S/C19H25FN8O2.CH2O2/c1-3-22-19(30)26-16-10-13(23-12-24-16)11-27-6-8-28(9-7-27)15-5-4-14(18(29)21-2)25-17(15)20;2-1-3/h4-5,10,12H,3,6-9,11H2,1-2H3,(H,21,29)(H2,22,23,24,26,30);1H,(H,2,3). The summed E-state index contributed by atoms with van der Waals surface area (Å²) in [5, 5.41) is 14.6. The predicted octanol–water partition coefficient (Wildman–Crippen LogP) is 0.535. The van der Waals surface area contributed by atoms with Crippen molar-refractivity contribution in [2.75, 3.05) is 50.0 Å². The fourth-order valence-corrected chi connectivity index (χ4v) is 3.17. The third-order valence-corrected chi connectivity index (χ3v) is 4.69. The van der Waals surface area contributed by atoms with E-state index >= 15 is 0 Å². The van der Waals surface area contributed by atoms with Crippen molar-refractivity contribution in [3.05, 3.63) is 41.9 Å². The molecule has 2 aromatic rings. The fourth-order valence-electron chi connectivity index (χ4n) is 3.17. The number of halogens is 1. The van der Waals surface area contributed by atoms with Crippen LogP contribution < -0.4 is 20.9 Å². The van der Waals surface area contributed by atoms with E-state index in [4.69, 9.17) is 9.90 Å². The number of urea groups is 1. The second-order valence-electron chi connectivity index (χ2n) is 6.83. The van der Waals surface area contributed by atoms with Crippen LogP contribution in [0.25, 0.3) is 0 Å². The molecule has 3 amide bonds. The highest BCUT2D eigenvalue weighted by Gasteiger charge is 2.21. The summed E-state index contributed by atoms with van der Waals surface area (Å²) in [5.41, 5.74) is 1.23. The number of carbonyl (C=O) groups is 3. The van der Waals surface area contributed by atoms with Crippen molar-refractivity contribution in [1.29, 1.82) is 0 Å². The van der Waals surface area contributed by atoms with Crippen LogP contribution >= 0.6 is 0 Å². The summed E-state index contributed by atoms with van der Waals surface area (Å²) < 4.78 is 14.4. The zero-order valence-electron chi connectivity index (χ0n) is 18.4. The maximum Gasteiger partial charge on any atom is 0.320 e. The number of hydrogen-bond acceptors (Lipinski definition) is 8. The molecule has 1 aliphatic heterocycles. The molecule has 0 radical (unpaired) electrons. The van der Waals surface area contributed by atoms with E-state index in [1.165, 1.54) is 19.4 Å². The maximum atomic E-state index is 14.4. The lowest BCUT2D eigenvalue weighted by molar-refractivity contribution is -0.122. The van der Waals surface area contributed by atoms with E-state index in [-0.39, 0.29) is 18.2 Å². The molecule has 0 bridgehead atoms. The van der Waals surface area contributed by atoms with Gasteiger partial charge >= 0.3 is 6.03 Å². The number of pyridine rings is 1. The average molecular weight is 462 g/mol. The number of rotatable bonds is 6. The Balaban J connectivity index is 0.00000122. The highest BCUT2D eigenvalue weighted by molar-refractivity contribution is 5.92. The molecular formula is C20H27FN8O4. The zero-order chi connectivity index (χ0) is 24.2. The van der Waals surface area contributed by atoms with Crippen LogP contribution in [0.2, 0.25) is 0 Å². The number of nitrogens with one attached hydrogen (secondary N) is 3. The first kappa shape index (κ1) is 25.4. The molecule has 178 valence electrons. The van der Waals surface area contributed by atoms with Crippen molar-refractivity contribution in [2.24, 2.45) is 0 Å². The van der Waals surface area contributed by atoms with Crippen LogP contribution in [0.15, 0.2) is 24.5 Å². The normalized spacial score (nSPS) is 13.4. The van der Waals surface area contributed by atoms with Crippen molar-refractivity contribution in [3.63, 3.8) is 0 Å². The van der Waals surface area contributed by atoms with Crippen LogP contribution in [-0.4, -0.2) is 83.1 Å². The first-order valence-corrected chi connectivity index (χ1v) is 10.2. The molecule has 0 unspecified atom stereocenters. The predicted molar refractivity (Wildman–Crippen MR) is 118 cm³/mol. The summed E-state index contributed by atoms with van der Waals surface area (Å²) in [7, 11) is 1.48. The Morgan fingerprint density at radius 2 is 1.91 bits per heavy atom. The molecule has 0 saturated carbocycles. The second kappa shape index (κ2) is 12.9. The van der Waals surface area contributed by atoms with Gasteiger partial charge in [-0.1, -0.05) is 0 Å². The van der Waals surface area contributed by atoms with Crippen molar-refractivity contribution < 1.29 is 23.9 Å². The van der Waals surface area contributed by atoms with Gasteiger partial charge in [0, 0.05) is 52.4 Å². The summed E-state index contributed by atoms with van der Waals surface area (Å²) in [5.74, 6) is -0.633. The lowest BCUT2D eigenvalue weighted by Gasteiger charge is -2.35. The maximum absolute atomic E-state index is 14.4. The van der Waals surface area contributed by atoms with Crippen LogP contribution in [0, 0.1) is 5.95 Å². The molecule has 0 aromatic carbocycles. The first-order chi connectivity index (χ1) is 15.9. The van der Waals surface area contributed by atoms with Crippen molar-refractivity contribution >= 4 is 29.9 Å². The molecule has 13 heteroatoms. The van der Waals surface area contributed by atoms with Crippen LogP contribution in [0.4, 0.5) is 20.7 Å². The van der Waals surface area contributed by atoms with E-state index in [9.17, 15) is 14.0 Å². The summed E-state index contributed by atoms with van der Waals surface area (Å²) in [6.45, 7) is 5.36. The van der Waals surface area contributed by atoms with Gasteiger partial charge in [0.1, 0.15) is 17.8 Å². The van der Waals surface area contributed by atoms with E-state index in [1.807, 2.05) is 11.8 Å². The SMILES string of the molecule is CCNC(=O)Nc1cc(CN2CCN(c3ccc(C(=O)NC)nc3F)CC2)ncn1.O=CO. The first-order valence-electron chi connectivity index (χ1n) is 10.2. The zero-order valence-corrected chi connectivity index (χ0v) is 18.4. The molecule has 0 atom stereocenters. The lowest BCUT2D eigenvalue weighted by atomic mass is 10.2. The molecule has 1 fully saturated rings. The Hall–Kier alpha value is -3.87. The quantitative estimate of drug-likeness (QED) is 0.356. The van der Waals surface area contributed by atoms with Gasteiger partial charge in [-0.25, -0.2) is 19.7 Å². The van der Waals surface area contributed by atoms with Gasteiger partial charge in [-0.2, -0.15) is 4.39 Å². The minimum absolute atomic E-state index is 0.0539. The van der Waals surface area contributed by atoms with Crippen LogP contribution in [0.5, 0.6) is 0 Å². The van der Waals surface area contributed by atoms with Gasteiger partial charge in [0.2, 0.25) is 5.95 Å². The largest absolute Gasteiger partial charge is 0.483 e. The summed E-state index contributed by atoms with van der Waals surface area (Å²) in [6, 6.07) is 4.54. The van der Waals surface area contributed by atoms with E-state index in [0.29, 0.717) is 50.8 Å². The fraction of sp³-hybridized carbons (Fsp3) is 0.400. The Morgan fingerprint density at radius 3 is 2.52 bits per heavy atom. The molecule has 0 aliphatic carbocycles. The Bertz CT molecular complexity index is 953. The molecule has 2 aromatic heterocycles. The molecule has 4 N–H and O–H groups in total. The van der Waals surface area contributed by atoms with Gasteiger partial charge in [0.25, 0.3) is 12.4 Å². The molecule has 1 aliphatic rings. The monoisotopic (exact) mass is 462 g/mol. The van der Waals surface area contributed by atoms with Crippen molar-refractivity contribution in [3.8, 4) is 0 Å². The van der Waals surface area contributed by atoms with Gasteiger partial charge in [-0.3, -0.25) is 19.8 Å². The molecular weight excluding hydrogens is 435 g/mol. The number of anilines is 2. The van der Waals surface area contributed by atoms with Crippen LogP contribution in [0.1, 0.15) is 23.1 Å². The average Bonchev–Trinajstić information content (AvgIpc) is 2.80. The molecule has 3 heterocycles. The molecule has 3 rings (SSSR count). The van der Waals surface area contributed by atoms with Gasteiger partial charge in [-0.05, 0) is 19.1 Å². The van der Waals surface area contributed by atoms with Crippen molar-refractivity contribution in [1.82, 2.24) is 30.5 Å². The summed E-state index contributed by atoms with van der Waals surface area (Å²) >= 11 is 0. The Kier molecular flexibility index (Phi) is 9.89. The number of carbonyl (C=O) groups excluding carboxylic acids is 2. The summed E-state index contributed by atoms with van der Waals surface area (Å²) in [6.07, 6.45) is 1.42. The number of amides is 3. The van der Waals surface area contributed by atoms with Gasteiger partial charge < -0.3 is 20.6 Å². The smallest absolute Gasteiger partial charge is 0.320 e. The van der Waals surface area contributed by atoms with Gasteiger partial charge in [0.15, 0.2) is 0 Å². The molecule has 12 nitrogen and oxygen atoms in total. The Labute approximate surface area is 190 Å². The lowest BCUT2D eigenvalue weighted by Crippen LogP contribution is -2.46. The summed E-state index contributed by atoms with van der Waals surface area (Å²) in [4.78, 5) is 47.8. The van der Waals surface area contributed by atoms with Crippen molar-refractivity contribution in [2.45, 2.75) is 13.5 Å². The topological polar surface area (TPSA) is 153 Å². The third-order valence-electron chi connectivity index (χ3n) is 4.69. The Morgan fingerprint density at radius 1 is 1.21 bits per heavy atom. The van der Waals surface area contributed by atoms with Crippen LogP contribution in [-0.2, 0) is 11.3 Å². The van der Waals surface area contributed by atoms with E-state index in [2.05, 4.69) is 35.8 Å². The minimum Gasteiger partial charge on any atom is -0.483 e. The molecule has 1 saturated heterocycles. The number of piperazine rings is 1. The minimum atomic E-state index is -0.651. The number of aromatic nitrogens is 3. The van der Waals surface area contributed by atoms with Gasteiger partial charge in [0.05, 0.1) is 11.4 Å². The second-order valence-corrected chi connectivity index (χ2v) is 6.83. The number of nitrogens with zero attached hydrogens (tertiary/aromatic N) is 5. The van der Waals surface area contributed by atoms with E-state index < -0.39 is 11.9 Å². The molecule has 0 spiro atoms.